The zero-order chi connectivity index (χ0) is 17.8. The van der Waals surface area contributed by atoms with Gasteiger partial charge in [-0.3, -0.25) is 0 Å². The predicted molar refractivity (Wildman–Crippen MR) is 102 cm³/mol. The van der Waals surface area contributed by atoms with E-state index < -0.39 is 0 Å². The minimum atomic E-state index is 0.270. The Morgan fingerprint density at radius 2 is 1.56 bits per heavy atom. The van der Waals surface area contributed by atoms with Gasteiger partial charge in [0.2, 0.25) is 0 Å². The van der Waals surface area contributed by atoms with Crippen molar-refractivity contribution in [1.29, 1.82) is 0 Å². The molecule has 0 aliphatic carbocycles. The van der Waals surface area contributed by atoms with Crippen LogP contribution >= 0.6 is 11.8 Å². The van der Waals surface area contributed by atoms with Crippen LogP contribution in [-0.2, 0) is 0 Å². The van der Waals surface area contributed by atoms with E-state index in [4.69, 9.17) is 9.47 Å². The zero-order valence-corrected chi connectivity index (χ0v) is 15.3. The molecule has 0 radical (unpaired) electrons. The summed E-state index contributed by atoms with van der Waals surface area (Å²) < 4.78 is 10.7. The highest BCUT2D eigenvalue weighted by Crippen LogP contribution is 2.43. The van der Waals surface area contributed by atoms with Crippen LogP contribution in [0.5, 0.6) is 17.2 Å². The van der Waals surface area contributed by atoms with Crippen LogP contribution in [0.1, 0.15) is 5.56 Å². The number of methoxy groups -OCH3 is 2. The molecule has 0 bridgehead atoms. The van der Waals surface area contributed by atoms with Crippen LogP contribution in [0.2, 0.25) is 0 Å². The van der Waals surface area contributed by atoms with E-state index >= 15 is 0 Å². The molecule has 3 rings (SSSR count). The van der Waals surface area contributed by atoms with Crippen LogP contribution in [0.25, 0.3) is 11.1 Å². The zero-order valence-electron chi connectivity index (χ0n) is 14.4. The minimum Gasteiger partial charge on any atom is -0.506 e. The number of aromatic hydroxyl groups is 1. The third-order valence-corrected chi connectivity index (χ3v) is 4.92. The number of phenolic OH excluding ortho intramolecular Hbond substituents is 1. The maximum atomic E-state index is 10.8. The Bertz CT molecular complexity index is 876. The van der Waals surface area contributed by atoms with Gasteiger partial charge in [-0.25, -0.2) is 0 Å². The molecular weight excluding hydrogens is 332 g/mol. The number of ether oxygens (including phenoxy) is 2. The van der Waals surface area contributed by atoms with Gasteiger partial charge in [-0.05, 0) is 54.4 Å². The standard InChI is InChI=1S/C21H20O3S/c1-14-11-17(15-9-10-18(23-2)19(13-15)24-3)21(22)20(12-14)25-16-7-5-4-6-8-16/h4-13,22H,1-3H3. The molecule has 1 N–H and O–H groups in total. The lowest BCUT2D eigenvalue weighted by molar-refractivity contribution is 0.355. The van der Waals surface area contributed by atoms with Crippen molar-refractivity contribution in [3.05, 3.63) is 66.2 Å². The summed E-state index contributed by atoms with van der Waals surface area (Å²) in [5, 5.41) is 10.8. The lowest BCUT2D eigenvalue weighted by Gasteiger charge is -2.14. The third-order valence-electron chi connectivity index (χ3n) is 3.88. The molecule has 0 amide bonds. The molecule has 3 nitrogen and oxygen atoms in total. The fourth-order valence-corrected chi connectivity index (χ4v) is 3.66. The van der Waals surface area contributed by atoms with Gasteiger partial charge in [-0.15, -0.1) is 0 Å². The first-order chi connectivity index (χ1) is 12.1. The second-order valence-corrected chi connectivity index (χ2v) is 6.76. The normalized spacial score (nSPS) is 10.5. The Morgan fingerprint density at radius 3 is 2.24 bits per heavy atom. The van der Waals surface area contributed by atoms with E-state index in [1.165, 1.54) is 0 Å². The molecule has 3 aromatic rings. The van der Waals surface area contributed by atoms with E-state index in [0.717, 1.165) is 26.5 Å². The van der Waals surface area contributed by atoms with E-state index in [0.29, 0.717) is 11.5 Å². The molecule has 0 aliphatic heterocycles. The number of hydrogen-bond acceptors (Lipinski definition) is 4. The summed E-state index contributed by atoms with van der Waals surface area (Å²) in [5.41, 5.74) is 2.74. The molecule has 0 saturated carbocycles. The smallest absolute Gasteiger partial charge is 0.161 e. The summed E-state index contributed by atoms with van der Waals surface area (Å²) in [6, 6.07) is 19.6. The van der Waals surface area contributed by atoms with Crippen molar-refractivity contribution in [2.24, 2.45) is 0 Å². The molecule has 0 heterocycles. The van der Waals surface area contributed by atoms with Gasteiger partial charge >= 0.3 is 0 Å². The average Bonchev–Trinajstić information content (AvgIpc) is 2.64. The van der Waals surface area contributed by atoms with E-state index in [9.17, 15) is 5.11 Å². The van der Waals surface area contributed by atoms with Gasteiger partial charge in [0.1, 0.15) is 5.75 Å². The Morgan fingerprint density at radius 1 is 0.840 bits per heavy atom. The van der Waals surface area contributed by atoms with Gasteiger partial charge in [0, 0.05) is 10.5 Å². The van der Waals surface area contributed by atoms with Crippen molar-refractivity contribution >= 4 is 11.8 Å². The highest BCUT2D eigenvalue weighted by molar-refractivity contribution is 7.99. The van der Waals surface area contributed by atoms with Gasteiger partial charge in [-0.1, -0.05) is 36.0 Å². The number of phenols is 1. The van der Waals surface area contributed by atoms with Crippen molar-refractivity contribution in [1.82, 2.24) is 0 Å². The Labute approximate surface area is 152 Å². The number of benzene rings is 3. The maximum Gasteiger partial charge on any atom is 0.161 e. The molecule has 0 fully saturated rings. The van der Waals surface area contributed by atoms with Gasteiger partial charge in [0.25, 0.3) is 0 Å². The Balaban J connectivity index is 2.05. The summed E-state index contributed by atoms with van der Waals surface area (Å²) in [4.78, 5) is 1.91. The van der Waals surface area contributed by atoms with Crippen LogP contribution < -0.4 is 9.47 Å². The van der Waals surface area contributed by atoms with E-state index in [2.05, 4.69) is 0 Å². The topological polar surface area (TPSA) is 38.7 Å². The molecule has 25 heavy (non-hydrogen) atoms. The second-order valence-electron chi connectivity index (χ2n) is 5.64. The number of rotatable bonds is 5. The first-order valence-electron chi connectivity index (χ1n) is 7.91. The summed E-state index contributed by atoms with van der Waals surface area (Å²) in [6.07, 6.45) is 0. The Kier molecular flexibility index (Phi) is 5.19. The van der Waals surface area contributed by atoms with Gasteiger partial charge in [-0.2, -0.15) is 0 Å². The summed E-state index contributed by atoms with van der Waals surface area (Å²) in [6.45, 7) is 2.03. The van der Waals surface area contributed by atoms with Crippen molar-refractivity contribution in [2.75, 3.05) is 14.2 Å². The Hall–Kier alpha value is -2.59. The fourth-order valence-electron chi connectivity index (χ4n) is 2.66. The summed E-state index contributed by atoms with van der Waals surface area (Å²) in [5.74, 6) is 1.57. The molecule has 0 aromatic heterocycles. The van der Waals surface area contributed by atoms with E-state index in [-0.39, 0.29) is 5.75 Å². The van der Waals surface area contributed by atoms with E-state index in [1.807, 2.05) is 67.6 Å². The molecule has 4 heteroatoms. The first kappa shape index (κ1) is 17.2. The molecule has 128 valence electrons. The third kappa shape index (κ3) is 3.74. The highest BCUT2D eigenvalue weighted by atomic mass is 32.2. The minimum absolute atomic E-state index is 0.270. The van der Waals surface area contributed by atoms with Crippen LogP contribution in [0.3, 0.4) is 0 Å². The second kappa shape index (κ2) is 7.53. The predicted octanol–water partition coefficient (Wildman–Crippen LogP) is 5.54. The van der Waals surface area contributed by atoms with Crippen LogP contribution in [-0.4, -0.2) is 19.3 Å². The SMILES string of the molecule is COc1ccc(-c2cc(C)cc(Sc3ccccc3)c2O)cc1OC. The van der Waals surface area contributed by atoms with Crippen LogP contribution in [0.15, 0.2) is 70.5 Å². The summed E-state index contributed by atoms with van der Waals surface area (Å²) >= 11 is 1.55. The molecule has 0 spiro atoms. The number of aryl methyl sites for hydroxylation is 1. The maximum absolute atomic E-state index is 10.8. The molecule has 0 aliphatic rings. The lowest BCUT2D eigenvalue weighted by Crippen LogP contribution is -1.91. The molecular formula is C21H20O3S. The summed E-state index contributed by atoms with van der Waals surface area (Å²) in [7, 11) is 3.21. The largest absolute Gasteiger partial charge is 0.506 e. The van der Waals surface area contributed by atoms with Crippen LogP contribution in [0.4, 0.5) is 0 Å². The molecule has 0 unspecified atom stereocenters. The highest BCUT2D eigenvalue weighted by Gasteiger charge is 2.14. The van der Waals surface area contributed by atoms with Crippen molar-refractivity contribution in [3.63, 3.8) is 0 Å². The lowest BCUT2D eigenvalue weighted by atomic mass is 10.0. The van der Waals surface area contributed by atoms with Gasteiger partial charge < -0.3 is 14.6 Å². The molecule has 0 atom stereocenters. The fraction of sp³-hybridized carbons (Fsp3) is 0.143. The van der Waals surface area contributed by atoms with Gasteiger partial charge in [0.15, 0.2) is 11.5 Å². The van der Waals surface area contributed by atoms with Crippen molar-refractivity contribution < 1.29 is 14.6 Å². The molecule has 3 aromatic carbocycles. The van der Waals surface area contributed by atoms with Gasteiger partial charge in [0.05, 0.1) is 19.1 Å². The van der Waals surface area contributed by atoms with Crippen molar-refractivity contribution in [2.45, 2.75) is 16.7 Å². The average molecular weight is 352 g/mol. The van der Waals surface area contributed by atoms with Crippen molar-refractivity contribution in [3.8, 4) is 28.4 Å². The first-order valence-corrected chi connectivity index (χ1v) is 8.73. The number of hydrogen-bond donors (Lipinski definition) is 1. The van der Waals surface area contributed by atoms with E-state index in [1.54, 1.807) is 26.0 Å². The quantitative estimate of drug-likeness (QED) is 0.655. The monoisotopic (exact) mass is 352 g/mol. The van der Waals surface area contributed by atoms with Crippen LogP contribution in [0, 0.1) is 6.92 Å². The molecule has 0 saturated heterocycles.